The minimum atomic E-state index is -0.660. The zero-order valence-electron chi connectivity index (χ0n) is 15.7. The number of ketones is 1. The Balaban J connectivity index is 1.62. The predicted octanol–water partition coefficient (Wildman–Crippen LogP) is 2.97. The Morgan fingerprint density at radius 1 is 0.929 bits per heavy atom. The van der Waals surface area contributed by atoms with Crippen LogP contribution in [0.5, 0.6) is 0 Å². The van der Waals surface area contributed by atoms with Crippen molar-refractivity contribution in [3.8, 4) is 0 Å². The largest absolute Gasteiger partial charge is 0.353 e. The average molecular weight is 372 g/mol. The Morgan fingerprint density at radius 3 is 2.32 bits per heavy atom. The summed E-state index contributed by atoms with van der Waals surface area (Å²) in [6.07, 6.45) is 3.95. The van der Waals surface area contributed by atoms with Crippen molar-refractivity contribution in [1.82, 2.24) is 0 Å². The van der Waals surface area contributed by atoms with Crippen LogP contribution in [0.1, 0.15) is 18.1 Å². The fourth-order valence-electron chi connectivity index (χ4n) is 4.92. The van der Waals surface area contributed by atoms with Gasteiger partial charge in [-0.25, -0.2) is 4.90 Å². The van der Waals surface area contributed by atoms with Crippen LogP contribution in [0.3, 0.4) is 0 Å². The third kappa shape index (κ3) is 2.16. The quantitative estimate of drug-likeness (QED) is 0.761. The lowest BCUT2D eigenvalue weighted by Crippen LogP contribution is -2.48. The van der Waals surface area contributed by atoms with Crippen LogP contribution >= 0.6 is 0 Å². The van der Waals surface area contributed by atoms with Gasteiger partial charge >= 0.3 is 0 Å². The molecule has 0 unspecified atom stereocenters. The van der Waals surface area contributed by atoms with Gasteiger partial charge in [0.15, 0.2) is 5.78 Å². The van der Waals surface area contributed by atoms with E-state index in [9.17, 15) is 14.4 Å². The summed E-state index contributed by atoms with van der Waals surface area (Å²) in [5, 5.41) is 0. The number of rotatable bonds is 2. The average Bonchev–Trinajstić information content (AvgIpc) is 3.16. The molecule has 3 heterocycles. The lowest BCUT2D eigenvalue weighted by atomic mass is 9.88. The van der Waals surface area contributed by atoms with Crippen LogP contribution in [-0.2, 0) is 14.4 Å². The highest BCUT2D eigenvalue weighted by atomic mass is 16.2. The minimum Gasteiger partial charge on any atom is -0.353 e. The maximum Gasteiger partial charge on any atom is 0.240 e. The van der Waals surface area contributed by atoms with Crippen molar-refractivity contribution in [2.45, 2.75) is 25.9 Å². The Morgan fingerprint density at radius 2 is 1.61 bits per heavy atom. The van der Waals surface area contributed by atoms with Crippen LogP contribution < -0.4 is 9.80 Å². The summed E-state index contributed by atoms with van der Waals surface area (Å²) in [4.78, 5) is 42.6. The van der Waals surface area contributed by atoms with E-state index >= 15 is 0 Å². The molecule has 0 radical (unpaired) electrons. The van der Waals surface area contributed by atoms with Crippen molar-refractivity contribution in [3.63, 3.8) is 0 Å². The number of nitrogens with zero attached hydrogens (tertiary/aromatic N) is 2. The van der Waals surface area contributed by atoms with Crippen molar-refractivity contribution in [3.05, 3.63) is 65.7 Å². The van der Waals surface area contributed by atoms with E-state index in [0.717, 1.165) is 16.8 Å². The molecular weight excluding hydrogens is 352 g/mol. The molecule has 3 aliphatic heterocycles. The van der Waals surface area contributed by atoms with Crippen LogP contribution in [0.25, 0.3) is 6.08 Å². The molecule has 0 aliphatic carbocycles. The summed E-state index contributed by atoms with van der Waals surface area (Å²) in [5.74, 6) is -1.80. The second-order valence-electron chi connectivity index (χ2n) is 7.77. The van der Waals surface area contributed by atoms with E-state index in [0.29, 0.717) is 5.69 Å². The number of aryl methyl sites for hydroxylation is 1. The third-order valence-corrected chi connectivity index (χ3v) is 6.12. The summed E-state index contributed by atoms with van der Waals surface area (Å²) in [7, 11) is 0. The number of Topliss-reactive ketones (excluding diaryl/α,β-unsaturated/α-hetero) is 1. The number of benzene rings is 2. The van der Waals surface area contributed by atoms with Crippen LogP contribution in [0.4, 0.5) is 11.4 Å². The van der Waals surface area contributed by atoms with E-state index in [1.807, 2.05) is 60.4 Å². The molecule has 5 nitrogen and oxygen atoms in total. The van der Waals surface area contributed by atoms with Gasteiger partial charge in [-0.15, -0.1) is 0 Å². The van der Waals surface area contributed by atoms with E-state index in [1.54, 1.807) is 12.1 Å². The molecule has 3 aliphatic rings. The Labute approximate surface area is 163 Å². The first-order chi connectivity index (χ1) is 13.5. The Bertz CT molecular complexity index is 1040. The molecule has 2 saturated heterocycles. The Kier molecular flexibility index (Phi) is 3.56. The number of carbonyl (C=O) groups is 3. The summed E-state index contributed by atoms with van der Waals surface area (Å²) >= 11 is 0. The topological polar surface area (TPSA) is 57.7 Å². The van der Waals surface area contributed by atoms with E-state index in [1.165, 1.54) is 11.8 Å². The molecule has 0 spiro atoms. The summed E-state index contributed by atoms with van der Waals surface area (Å²) in [6, 6.07) is 14.2. The van der Waals surface area contributed by atoms with Gasteiger partial charge in [0.05, 0.1) is 23.6 Å². The van der Waals surface area contributed by atoms with Gasteiger partial charge in [0.25, 0.3) is 0 Å². The lowest BCUT2D eigenvalue weighted by Gasteiger charge is -2.36. The number of hydrogen-bond acceptors (Lipinski definition) is 4. The van der Waals surface area contributed by atoms with Gasteiger partial charge in [0, 0.05) is 5.69 Å². The standard InChI is InChI=1S/C23H20N2O3/c1-13-7-10-16(11-8-13)24-22(27)19-18-12-9-15-5-3-4-6-17(15)25(18)21(14(2)26)20(19)23(24)28/h3-12,18-21H,1-2H3/t18-,19+,20+,21+/m1/s1. The number of para-hydroxylation sites is 1. The van der Waals surface area contributed by atoms with E-state index < -0.39 is 17.9 Å². The van der Waals surface area contributed by atoms with Gasteiger partial charge in [-0.1, -0.05) is 48.0 Å². The first-order valence-corrected chi connectivity index (χ1v) is 9.49. The maximum atomic E-state index is 13.4. The normalized spacial score (nSPS) is 27.6. The molecule has 0 bridgehead atoms. The van der Waals surface area contributed by atoms with E-state index in [-0.39, 0.29) is 23.6 Å². The zero-order chi connectivity index (χ0) is 19.6. The van der Waals surface area contributed by atoms with Crippen LogP contribution in [-0.4, -0.2) is 29.7 Å². The van der Waals surface area contributed by atoms with Crippen molar-refractivity contribution >= 4 is 35.0 Å². The molecule has 5 heteroatoms. The number of hydrogen-bond donors (Lipinski definition) is 0. The second-order valence-corrected chi connectivity index (χ2v) is 7.77. The van der Waals surface area contributed by atoms with E-state index in [2.05, 4.69) is 0 Å². The first kappa shape index (κ1) is 16.9. The SMILES string of the molecule is CC(=O)[C@H]1[C@H]2C(=O)N(c3ccc(C)cc3)C(=O)[C@H]2[C@H]2C=Cc3ccccc3N21. The molecule has 2 aromatic carbocycles. The maximum absolute atomic E-state index is 13.4. The number of amides is 2. The highest BCUT2D eigenvalue weighted by Crippen LogP contribution is 2.49. The van der Waals surface area contributed by atoms with Crippen molar-refractivity contribution in [1.29, 1.82) is 0 Å². The van der Waals surface area contributed by atoms with Gasteiger partial charge < -0.3 is 4.90 Å². The number of fused-ring (bicyclic) bond motifs is 5. The van der Waals surface area contributed by atoms with Gasteiger partial charge in [0.2, 0.25) is 11.8 Å². The van der Waals surface area contributed by atoms with Gasteiger partial charge in [-0.3, -0.25) is 14.4 Å². The lowest BCUT2D eigenvalue weighted by molar-refractivity contribution is -0.126. The van der Waals surface area contributed by atoms with Gasteiger partial charge in [-0.05, 0) is 37.6 Å². The number of anilines is 2. The molecule has 2 amide bonds. The van der Waals surface area contributed by atoms with Crippen LogP contribution in [0.2, 0.25) is 0 Å². The molecule has 28 heavy (non-hydrogen) atoms. The summed E-state index contributed by atoms with van der Waals surface area (Å²) in [6.45, 7) is 3.47. The highest BCUT2D eigenvalue weighted by Gasteiger charge is 2.63. The summed E-state index contributed by atoms with van der Waals surface area (Å²) in [5.41, 5.74) is 3.54. The highest BCUT2D eigenvalue weighted by molar-refractivity contribution is 6.24. The van der Waals surface area contributed by atoms with Crippen LogP contribution in [0, 0.1) is 18.8 Å². The molecule has 4 atom stereocenters. The van der Waals surface area contributed by atoms with Crippen LogP contribution in [0.15, 0.2) is 54.6 Å². The monoisotopic (exact) mass is 372 g/mol. The fourth-order valence-corrected chi connectivity index (χ4v) is 4.92. The zero-order valence-corrected chi connectivity index (χ0v) is 15.7. The molecule has 0 N–H and O–H groups in total. The molecule has 0 saturated carbocycles. The van der Waals surface area contributed by atoms with Crippen molar-refractivity contribution < 1.29 is 14.4 Å². The number of imide groups is 1. The molecule has 5 rings (SSSR count). The fraction of sp³-hybridized carbons (Fsp3) is 0.261. The number of carbonyl (C=O) groups excluding carboxylic acids is 3. The van der Waals surface area contributed by atoms with E-state index in [4.69, 9.17) is 0 Å². The molecule has 2 fully saturated rings. The van der Waals surface area contributed by atoms with Crippen molar-refractivity contribution in [2.75, 3.05) is 9.80 Å². The molecular formula is C23H20N2O3. The summed E-state index contributed by atoms with van der Waals surface area (Å²) < 4.78 is 0. The molecule has 140 valence electrons. The second kappa shape index (κ2) is 5.89. The van der Waals surface area contributed by atoms with Crippen molar-refractivity contribution in [2.24, 2.45) is 11.8 Å². The smallest absolute Gasteiger partial charge is 0.240 e. The third-order valence-electron chi connectivity index (χ3n) is 6.12. The molecule has 2 aromatic rings. The van der Waals surface area contributed by atoms with Gasteiger partial charge in [0.1, 0.15) is 6.04 Å². The minimum absolute atomic E-state index is 0.0884. The van der Waals surface area contributed by atoms with Gasteiger partial charge in [-0.2, -0.15) is 0 Å². The Hall–Kier alpha value is -3.21. The first-order valence-electron chi connectivity index (χ1n) is 9.49. The molecule has 0 aromatic heterocycles. The predicted molar refractivity (Wildman–Crippen MR) is 107 cm³/mol.